The Morgan fingerprint density at radius 2 is 2.10 bits per heavy atom. The smallest absolute Gasteiger partial charge is 0.383 e. The molecule has 21 heavy (non-hydrogen) atoms. The van der Waals surface area contributed by atoms with Crippen LogP contribution in [0, 0.1) is 0 Å². The van der Waals surface area contributed by atoms with Crippen molar-refractivity contribution in [3.63, 3.8) is 0 Å². The van der Waals surface area contributed by atoms with Crippen LogP contribution in [0.2, 0.25) is 0 Å². The standard InChI is InChI=1S/C13H19F3N4O/c1-3-17-12-18-10(13(14,15)16)8-11(19-12)20(6-7-21-2)9-4-5-9/h8-9H,3-7H2,1-2H3,(H,17,18,19). The van der Waals surface area contributed by atoms with Crippen molar-refractivity contribution in [2.45, 2.75) is 32.0 Å². The molecule has 0 saturated heterocycles. The van der Waals surface area contributed by atoms with Crippen LogP contribution in [-0.4, -0.2) is 42.8 Å². The first-order valence-corrected chi connectivity index (χ1v) is 6.91. The lowest BCUT2D eigenvalue weighted by atomic mass is 10.3. The molecule has 1 N–H and O–H groups in total. The van der Waals surface area contributed by atoms with Gasteiger partial charge in [0.1, 0.15) is 5.82 Å². The van der Waals surface area contributed by atoms with Crippen molar-refractivity contribution in [3.8, 4) is 0 Å². The van der Waals surface area contributed by atoms with Crippen LogP contribution in [0.4, 0.5) is 24.9 Å². The molecule has 1 fully saturated rings. The second kappa shape index (κ2) is 6.46. The molecule has 0 bridgehead atoms. The molecule has 1 aromatic heterocycles. The maximum Gasteiger partial charge on any atom is 0.433 e. The van der Waals surface area contributed by atoms with Crippen molar-refractivity contribution in [2.24, 2.45) is 0 Å². The van der Waals surface area contributed by atoms with Crippen LogP contribution in [0.5, 0.6) is 0 Å². The minimum absolute atomic E-state index is 0.00499. The van der Waals surface area contributed by atoms with Crippen molar-refractivity contribution in [1.29, 1.82) is 0 Å². The topological polar surface area (TPSA) is 50.3 Å². The number of hydrogen-bond acceptors (Lipinski definition) is 5. The first-order chi connectivity index (χ1) is 9.95. The van der Waals surface area contributed by atoms with Crippen LogP contribution in [0.3, 0.4) is 0 Å². The number of rotatable bonds is 7. The van der Waals surface area contributed by atoms with Gasteiger partial charge in [0.05, 0.1) is 6.61 Å². The normalized spacial score (nSPS) is 15.1. The van der Waals surface area contributed by atoms with Gasteiger partial charge in [0.2, 0.25) is 5.95 Å². The molecule has 5 nitrogen and oxygen atoms in total. The zero-order chi connectivity index (χ0) is 15.5. The zero-order valence-electron chi connectivity index (χ0n) is 12.1. The van der Waals surface area contributed by atoms with E-state index in [1.54, 1.807) is 14.0 Å². The summed E-state index contributed by atoms with van der Waals surface area (Å²) in [6, 6.07) is 1.25. The van der Waals surface area contributed by atoms with Crippen LogP contribution in [-0.2, 0) is 10.9 Å². The van der Waals surface area contributed by atoms with Gasteiger partial charge in [-0.25, -0.2) is 4.98 Å². The highest BCUT2D eigenvalue weighted by Crippen LogP contribution is 2.34. The molecule has 0 spiro atoms. The van der Waals surface area contributed by atoms with Gasteiger partial charge in [0.15, 0.2) is 5.69 Å². The third-order valence-electron chi connectivity index (χ3n) is 3.16. The Morgan fingerprint density at radius 3 is 2.62 bits per heavy atom. The molecule has 0 unspecified atom stereocenters. The molecule has 0 radical (unpaired) electrons. The monoisotopic (exact) mass is 304 g/mol. The van der Waals surface area contributed by atoms with Crippen LogP contribution in [0.25, 0.3) is 0 Å². The van der Waals surface area contributed by atoms with E-state index in [0.29, 0.717) is 25.5 Å². The number of aromatic nitrogens is 2. The van der Waals surface area contributed by atoms with Gasteiger partial charge >= 0.3 is 6.18 Å². The van der Waals surface area contributed by atoms with Gasteiger partial charge in [0, 0.05) is 32.3 Å². The Kier molecular flexibility index (Phi) is 4.87. The van der Waals surface area contributed by atoms with E-state index in [0.717, 1.165) is 18.9 Å². The molecule has 8 heteroatoms. The van der Waals surface area contributed by atoms with Gasteiger partial charge in [-0.05, 0) is 19.8 Å². The summed E-state index contributed by atoms with van der Waals surface area (Å²) in [5, 5.41) is 2.75. The second-order valence-electron chi connectivity index (χ2n) is 4.88. The number of hydrogen-bond donors (Lipinski definition) is 1. The Morgan fingerprint density at radius 1 is 1.38 bits per heavy atom. The Labute approximate surface area is 121 Å². The van der Waals surface area contributed by atoms with E-state index < -0.39 is 11.9 Å². The van der Waals surface area contributed by atoms with E-state index in [1.165, 1.54) is 0 Å². The molecule has 0 amide bonds. The molecule has 1 aliphatic rings. The van der Waals surface area contributed by atoms with Crippen LogP contribution < -0.4 is 10.2 Å². The Bertz CT molecular complexity index is 477. The third kappa shape index (κ3) is 4.20. The first-order valence-electron chi connectivity index (χ1n) is 6.91. The van der Waals surface area contributed by atoms with E-state index in [1.807, 2.05) is 4.90 Å². The average molecular weight is 304 g/mol. The van der Waals surface area contributed by atoms with Crippen LogP contribution in [0.1, 0.15) is 25.5 Å². The van der Waals surface area contributed by atoms with Crippen molar-refractivity contribution in [3.05, 3.63) is 11.8 Å². The van der Waals surface area contributed by atoms with Crippen molar-refractivity contribution >= 4 is 11.8 Å². The van der Waals surface area contributed by atoms with Gasteiger partial charge in [-0.2, -0.15) is 18.2 Å². The molecule has 118 valence electrons. The summed E-state index contributed by atoms with van der Waals surface area (Å²) in [6.45, 7) is 3.20. The van der Waals surface area contributed by atoms with Crippen LogP contribution in [0.15, 0.2) is 6.07 Å². The molecule has 2 rings (SSSR count). The molecule has 1 saturated carbocycles. The molecule has 0 atom stereocenters. The second-order valence-corrected chi connectivity index (χ2v) is 4.88. The van der Waals surface area contributed by atoms with Gasteiger partial charge in [0.25, 0.3) is 0 Å². The summed E-state index contributed by atoms with van der Waals surface area (Å²) in [6.07, 6.45) is -2.56. The lowest BCUT2D eigenvalue weighted by Gasteiger charge is -2.24. The summed E-state index contributed by atoms with van der Waals surface area (Å²) in [4.78, 5) is 9.59. The van der Waals surface area contributed by atoms with Crippen molar-refractivity contribution in [1.82, 2.24) is 9.97 Å². The zero-order valence-corrected chi connectivity index (χ0v) is 12.1. The van der Waals surface area contributed by atoms with Crippen molar-refractivity contribution < 1.29 is 17.9 Å². The average Bonchev–Trinajstić information content (AvgIpc) is 3.23. The minimum Gasteiger partial charge on any atom is -0.383 e. The largest absolute Gasteiger partial charge is 0.433 e. The predicted molar refractivity (Wildman–Crippen MR) is 73.4 cm³/mol. The fourth-order valence-corrected chi connectivity index (χ4v) is 2.02. The summed E-state index contributed by atoms with van der Waals surface area (Å²) < 4.78 is 43.9. The number of methoxy groups -OCH3 is 1. The van der Waals surface area contributed by atoms with E-state index in [-0.39, 0.29) is 12.0 Å². The van der Waals surface area contributed by atoms with E-state index in [4.69, 9.17) is 4.74 Å². The molecular formula is C13H19F3N4O. The Balaban J connectivity index is 2.32. The van der Waals surface area contributed by atoms with Gasteiger partial charge in [-0.3, -0.25) is 0 Å². The summed E-state index contributed by atoms with van der Waals surface area (Å²) in [5.74, 6) is 0.304. The van der Waals surface area contributed by atoms with E-state index in [9.17, 15) is 13.2 Å². The highest BCUT2D eigenvalue weighted by Gasteiger charge is 2.36. The summed E-state index contributed by atoms with van der Waals surface area (Å²) in [7, 11) is 1.57. The molecule has 1 aromatic rings. The number of nitrogens with zero attached hydrogens (tertiary/aromatic N) is 3. The highest BCUT2D eigenvalue weighted by atomic mass is 19.4. The van der Waals surface area contributed by atoms with Crippen molar-refractivity contribution in [2.75, 3.05) is 37.0 Å². The van der Waals surface area contributed by atoms with Gasteiger partial charge in [-0.1, -0.05) is 0 Å². The molecule has 0 aliphatic heterocycles. The minimum atomic E-state index is -4.49. The van der Waals surface area contributed by atoms with Gasteiger partial charge in [-0.15, -0.1) is 0 Å². The van der Waals surface area contributed by atoms with E-state index >= 15 is 0 Å². The highest BCUT2D eigenvalue weighted by molar-refractivity contribution is 5.47. The van der Waals surface area contributed by atoms with E-state index in [2.05, 4.69) is 15.3 Å². The quantitative estimate of drug-likeness (QED) is 0.839. The third-order valence-corrected chi connectivity index (χ3v) is 3.16. The number of nitrogens with one attached hydrogen (secondary N) is 1. The SMILES string of the molecule is CCNc1nc(N(CCOC)C2CC2)cc(C(F)(F)F)n1. The lowest BCUT2D eigenvalue weighted by Crippen LogP contribution is -2.31. The molecular weight excluding hydrogens is 285 g/mol. The number of halogens is 3. The molecule has 1 heterocycles. The molecule has 0 aromatic carbocycles. The number of anilines is 2. The fraction of sp³-hybridized carbons (Fsp3) is 0.692. The maximum absolute atomic E-state index is 13.0. The fourth-order valence-electron chi connectivity index (χ4n) is 2.02. The van der Waals surface area contributed by atoms with Gasteiger partial charge < -0.3 is 15.0 Å². The summed E-state index contributed by atoms with van der Waals surface area (Å²) >= 11 is 0. The molecule has 1 aliphatic carbocycles. The maximum atomic E-state index is 13.0. The summed E-state index contributed by atoms with van der Waals surface area (Å²) in [5.41, 5.74) is -0.925. The van der Waals surface area contributed by atoms with Crippen LogP contribution >= 0.6 is 0 Å². The predicted octanol–water partition coefficient (Wildman–Crippen LogP) is 2.54. The Hall–Kier alpha value is -1.57. The first kappa shape index (κ1) is 15.8. The lowest BCUT2D eigenvalue weighted by molar-refractivity contribution is -0.141. The number of alkyl halides is 3. The number of ether oxygens (including phenoxy) is 1.